The minimum absolute atomic E-state index is 0. The van der Waals surface area contributed by atoms with Gasteiger partial charge in [0.05, 0.1) is 0 Å². The fourth-order valence-electron chi connectivity index (χ4n) is 0. The first-order chi connectivity index (χ1) is 1.00. The molecule has 0 amide bonds. The van der Waals surface area contributed by atoms with Crippen LogP contribution in [-0.2, 0) is 0 Å². The van der Waals surface area contributed by atoms with Crippen LogP contribution in [-0.4, -0.2) is 0 Å². The monoisotopic (exact) mass is 521 g/mol. The van der Waals surface area contributed by atoms with Crippen molar-refractivity contribution in [3.05, 3.63) is 7.43 Å². The van der Waals surface area contributed by atoms with Gasteiger partial charge in [-0.1, -0.05) is 13.8 Å². The molecular weight excluding hydrogens is 512 g/mol. The third kappa shape index (κ3) is 23.2. The first kappa shape index (κ1) is 27.5. The maximum absolute atomic E-state index is 2.00. The summed E-state index contributed by atoms with van der Waals surface area (Å²) < 4.78 is 0. The Hall–Kier alpha value is 2.10. The second-order valence-electron chi connectivity index (χ2n) is 0. The van der Waals surface area contributed by atoms with Crippen LogP contribution < -0.4 is 0 Å². The van der Waals surface area contributed by atoms with E-state index >= 15 is 0 Å². The molecule has 5 heavy (non-hydrogen) atoms. The van der Waals surface area contributed by atoms with Crippen LogP contribution in [0.3, 0.4) is 0 Å². The topological polar surface area (TPSA) is 0 Å². The predicted octanol–water partition coefficient (Wildman–Crippen LogP) is 1.48. The number of hydrogen-bond acceptors (Lipinski definition) is 0. The second-order valence-corrected chi connectivity index (χ2v) is 0. The van der Waals surface area contributed by atoms with Gasteiger partial charge < -0.3 is 7.43 Å². The van der Waals surface area contributed by atoms with Crippen molar-refractivity contribution in [3.8, 4) is 0 Å². The quantitative estimate of drug-likeness (QED) is 0.424. The Labute approximate surface area is 82.2 Å². The van der Waals surface area contributed by atoms with Gasteiger partial charge in [0.1, 0.15) is 0 Å². The van der Waals surface area contributed by atoms with Crippen molar-refractivity contribution in [2.75, 3.05) is 0 Å². The molecule has 0 N–H and O–H groups in total. The van der Waals surface area contributed by atoms with Gasteiger partial charge >= 0.3 is 0 Å². The maximum atomic E-state index is 2.00. The van der Waals surface area contributed by atoms with Crippen molar-refractivity contribution in [1.82, 2.24) is 0 Å². The van der Waals surface area contributed by atoms with E-state index in [1.54, 1.807) is 0 Å². The summed E-state index contributed by atoms with van der Waals surface area (Å²) in [4.78, 5) is 0. The average Bonchev–Trinajstić information content (AvgIpc) is 1.00. The summed E-state index contributed by atoms with van der Waals surface area (Å²) in [6.07, 6.45) is 0. The zero-order valence-corrected chi connectivity index (χ0v) is 12.3. The fraction of sp³-hybridized carbons (Fsp3) is 0.667. The molecule has 2 heteroatoms. The van der Waals surface area contributed by atoms with Crippen LogP contribution in [0, 0.1) is 69.7 Å². The molecule has 0 aliphatic heterocycles. The number of hydrogen-bond donors (Lipinski definition) is 0. The SMILES string of the molecule is CC.[CH3-].[U].[U]. The summed E-state index contributed by atoms with van der Waals surface area (Å²) in [5.74, 6) is 0. The summed E-state index contributed by atoms with van der Waals surface area (Å²) in [5.41, 5.74) is 0. The van der Waals surface area contributed by atoms with Crippen molar-refractivity contribution in [2.45, 2.75) is 13.8 Å². The van der Waals surface area contributed by atoms with Gasteiger partial charge in [-0.3, -0.25) is 0 Å². The van der Waals surface area contributed by atoms with Crippen LogP contribution >= 0.6 is 0 Å². The first-order valence-electron chi connectivity index (χ1n) is 1.00. The van der Waals surface area contributed by atoms with E-state index in [1.165, 1.54) is 0 Å². The van der Waals surface area contributed by atoms with Gasteiger partial charge in [0.25, 0.3) is 0 Å². The Bertz CT molecular complexity index is 4.85. The Morgan fingerprint density at radius 2 is 0.800 bits per heavy atom. The summed E-state index contributed by atoms with van der Waals surface area (Å²) in [6.45, 7) is 4.00. The summed E-state index contributed by atoms with van der Waals surface area (Å²) in [6, 6.07) is 0. The maximum Gasteiger partial charge on any atom is 0 e. The molecule has 0 saturated carbocycles. The summed E-state index contributed by atoms with van der Waals surface area (Å²) in [7, 11) is 0. The molecule has 0 nitrogen and oxygen atoms in total. The van der Waals surface area contributed by atoms with E-state index in [9.17, 15) is 0 Å². The van der Waals surface area contributed by atoms with Crippen LogP contribution in [0.4, 0.5) is 0 Å². The van der Waals surface area contributed by atoms with Gasteiger partial charge in [-0.05, 0) is 0 Å². The fourth-order valence-corrected chi connectivity index (χ4v) is 0. The van der Waals surface area contributed by atoms with Crippen molar-refractivity contribution in [3.63, 3.8) is 0 Å². The van der Waals surface area contributed by atoms with Gasteiger partial charge in [0.2, 0.25) is 0 Å². The largest absolute Gasteiger partial charge is 0.358 e. The second kappa shape index (κ2) is 35.9. The molecule has 0 fully saturated rings. The van der Waals surface area contributed by atoms with E-state index in [2.05, 4.69) is 0 Å². The molecule has 0 saturated heterocycles. The molecule has 0 aromatic carbocycles. The van der Waals surface area contributed by atoms with Gasteiger partial charge in [-0.15, -0.1) is 0 Å². The summed E-state index contributed by atoms with van der Waals surface area (Å²) in [5, 5.41) is 0. The zero-order chi connectivity index (χ0) is 2.00. The van der Waals surface area contributed by atoms with Crippen molar-refractivity contribution >= 4 is 0 Å². The molecule has 0 radical (unpaired) electrons. The average molecular weight is 521 g/mol. The Balaban J connectivity index is -0.00000000167. The minimum atomic E-state index is 0. The molecule has 0 heterocycles. The van der Waals surface area contributed by atoms with Crippen LogP contribution in [0.2, 0.25) is 0 Å². The third-order valence-electron chi connectivity index (χ3n) is 0. The summed E-state index contributed by atoms with van der Waals surface area (Å²) >= 11 is 0. The molecule has 0 rings (SSSR count). The van der Waals surface area contributed by atoms with E-state index in [1.807, 2.05) is 13.8 Å². The van der Waals surface area contributed by atoms with Crippen LogP contribution in [0.25, 0.3) is 0 Å². The first-order valence-corrected chi connectivity index (χ1v) is 1.00. The molecule has 0 atom stereocenters. The minimum Gasteiger partial charge on any atom is -0.358 e. The van der Waals surface area contributed by atoms with E-state index in [0.717, 1.165) is 0 Å². The molecule has 0 unspecified atom stereocenters. The predicted molar refractivity (Wildman–Crippen MR) is 17.8 cm³/mol. The molecular formula is C3H9U2-. The zero-order valence-electron chi connectivity index (χ0n) is 4.00. The Morgan fingerprint density at radius 3 is 0.800 bits per heavy atom. The van der Waals surface area contributed by atoms with Crippen LogP contribution in [0.1, 0.15) is 13.8 Å². The molecule has 0 aliphatic rings. The van der Waals surface area contributed by atoms with Gasteiger partial charge in [0.15, 0.2) is 0 Å². The number of rotatable bonds is 0. The Morgan fingerprint density at radius 1 is 0.800 bits per heavy atom. The van der Waals surface area contributed by atoms with Crippen molar-refractivity contribution in [1.29, 1.82) is 0 Å². The van der Waals surface area contributed by atoms with E-state index in [4.69, 9.17) is 0 Å². The standard InChI is InChI=1S/C2H6.CH3.2U/c1-2;;;/h1-2H3;1H3;;/q;-1;;. The van der Waals surface area contributed by atoms with Gasteiger partial charge in [-0.2, -0.15) is 0 Å². The molecule has 0 bridgehead atoms. The third-order valence-corrected chi connectivity index (χ3v) is 0. The normalized spacial score (nSPS) is 1.20. The van der Waals surface area contributed by atoms with E-state index < -0.39 is 0 Å². The molecule has 0 aromatic heterocycles. The smallest absolute Gasteiger partial charge is 0 e. The van der Waals surface area contributed by atoms with Crippen molar-refractivity contribution in [2.24, 2.45) is 0 Å². The molecule has 0 spiro atoms. The van der Waals surface area contributed by atoms with Crippen LogP contribution in [0.5, 0.6) is 0 Å². The van der Waals surface area contributed by atoms with Gasteiger partial charge in [0, 0.05) is 62.2 Å². The molecule has 0 aromatic rings. The van der Waals surface area contributed by atoms with Crippen LogP contribution in [0.15, 0.2) is 0 Å². The van der Waals surface area contributed by atoms with E-state index in [0.29, 0.717) is 0 Å². The Kier molecular flexibility index (Phi) is 197. The van der Waals surface area contributed by atoms with Gasteiger partial charge in [-0.25, -0.2) is 0 Å². The molecule has 0 aliphatic carbocycles. The van der Waals surface area contributed by atoms with Crippen molar-refractivity contribution < 1.29 is 62.2 Å². The van der Waals surface area contributed by atoms with E-state index in [-0.39, 0.29) is 69.7 Å². The molecule has 30 valence electrons.